The first-order chi connectivity index (χ1) is 12.6. The second kappa shape index (κ2) is 7.03. The van der Waals surface area contributed by atoms with Gasteiger partial charge < -0.3 is 10.1 Å². The third-order valence-electron chi connectivity index (χ3n) is 4.40. The van der Waals surface area contributed by atoms with Crippen LogP contribution < -0.4 is 10.1 Å². The van der Waals surface area contributed by atoms with E-state index in [-0.39, 0.29) is 17.8 Å². The summed E-state index contributed by atoms with van der Waals surface area (Å²) in [6.07, 6.45) is 2.08. The molecule has 0 fully saturated rings. The molecule has 1 N–H and O–H groups in total. The van der Waals surface area contributed by atoms with Crippen molar-refractivity contribution in [1.82, 2.24) is 14.8 Å². The van der Waals surface area contributed by atoms with Crippen molar-refractivity contribution in [3.63, 3.8) is 0 Å². The van der Waals surface area contributed by atoms with E-state index < -0.39 is 6.61 Å². The fourth-order valence-corrected chi connectivity index (χ4v) is 3.52. The standard InChI is InChI=1S/C18H15BrF2N4O/c19-12-7-5-11(6-8-12)14-9-15(25-18(24-14)22-10-23-25)13-3-1-2-4-16(13)26-17(20)21/h1-8,10,14-15,17H,9H2,(H,22,23,24)/t14-,15+/m1/s1. The molecular weight excluding hydrogens is 406 g/mol. The maximum absolute atomic E-state index is 12.8. The molecule has 134 valence electrons. The van der Waals surface area contributed by atoms with Crippen molar-refractivity contribution >= 4 is 21.9 Å². The molecule has 1 aromatic heterocycles. The van der Waals surface area contributed by atoms with Crippen LogP contribution in [0.2, 0.25) is 0 Å². The molecule has 0 aliphatic carbocycles. The number of aromatic nitrogens is 3. The number of rotatable bonds is 4. The number of alkyl halides is 2. The second-order valence-electron chi connectivity index (χ2n) is 5.94. The van der Waals surface area contributed by atoms with Gasteiger partial charge in [-0.25, -0.2) is 4.68 Å². The van der Waals surface area contributed by atoms with Crippen LogP contribution >= 0.6 is 15.9 Å². The Hall–Kier alpha value is -2.48. The van der Waals surface area contributed by atoms with E-state index >= 15 is 0 Å². The van der Waals surface area contributed by atoms with Gasteiger partial charge in [-0.3, -0.25) is 0 Å². The highest BCUT2D eigenvalue weighted by Crippen LogP contribution is 2.40. The number of nitrogens with zero attached hydrogens (tertiary/aromatic N) is 3. The summed E-state index contributed by atoms with van der Waals surface area (Å²) in [5.74, 6) is 0.756. The van der Waals surface area contributed by atoms with Gasteiger partial charge in [0.15, 0.2) is 0 Å². The highest BCUT2D eigenvalue weighted by Gasteiger charge is 2.31. The Bertz CT molecular complexity index is 900. The molecule has 1 aliphatic heterocycles. The van der Waals surface area contributed by atoms with Gasteiger partial charge in [-0.05, 0) is 30.2 Å². The number of fused-ring (bicyclic) bond motifs is 1. The number of ether oxygens (including phenoxy) is 1. The minimum atomic E-state index is -2.88. The summed E-state index contributed by atoms with van der Waals surface area (Å²) in [4.78, 5) is 4.26. The van der Waals surface area contributed by atoms with E-state index in [4.69, 9.17) is 4.74 Å². The Morgan fingerprint density at radius 1 is 1.15 bits per heavy atom. The second-order valence-corrected chi connectivity index (χ2v) is 6.86. The molecule has 0 radical (unpaired) electrons. The molecule has 0 bridgehead atoms. The Kier molecular flexibility index (Phi) is 4.58. The summed E-state index contributed by atoms with van der Waals surface area (Å²) in [6.45, 7) is -2.88. The molecule has 4 rings (SSSR count). The summed E-state index contributed by atoms with van der Waals surface area (Å²) in [5.41, 5.74) is 1.74. The highest BCUT2D eigenvalue weighted by atomic mass is 79.9. The van der Waals surface area contributed by atoms with Gasteiger partial charge in [-0.2, -0.15) is 18.9 Å². The molecular formula is C18H15BrF2N4O. The largest absolute Gasteiger partial charge is 0.434 e. The first kappa shape index (κ1) is 17.0. The van der Waals surface area contributed by atoms with E-state index in [1.54, 1.807) is 28.9 Å². The zero-order chi connectivity index (χ0) is 18.1. The Balaban J connectivity index is 1.73. The SMILES string of the molecule is FC(F)Oc1ccccc1[C@@H]1C[C@H](c2ccc(Br)cc2)Nc2ncnn21. The van der Waals surface area contributed by atoms with Gasteiger partial charge in [0.2, 0.25) is 5.95 Å². The lowest BCUT2D eigenvalue weighted by Crippen LogP contribution is -2.28. The predicted octanol–water partition coefficient (Wildman–Crippen LogP) is 4.79. The molecule has 2 atom stereocenters. The summed E-state index contributed by atoms with van der Waals surface area (Å²) < 4.78 is 33.0. The minimum Gasteiger partial charge on any atom is -0.434 e. The fourth-order valence-electron chi connectivity index (χ4n) is 3.25. The van der Waals surface area contributed by atoms with Gasteiger partial charge in [0, 0.05) is 10.0 Å². The Morgan fingerprint density at radius 3 is 2.69 bits per heavy atom. The van der Waals surface area contributed by atoms with Crippen LogP contribution in [-0.4, -0.2) is 21.4 Å². The van der Waals surface area contributed by atoms with Crippen LogP contribution in [0.3, 0.4) is 0 Å². The monoisotopic (exact) mass is 420 g/mol. The first-order valence-electron chi connectivity index (χ1n) is 8.07. The zero-order valence-electron chi connectivity index (χ0n) is 13.5. The number of anilines is 1. The molecule has 0 saturated heterocycles. The third kappa shape index (κ3) is 3.29. The van der Waals surface area contributed by atoms with Crippen molar-refractivity contribution in [2.45, 2.75) is 25.1 Å². The summed E-state index contributed by atoms with van der Waals surface area (Å²) in [5, 5.41) is 7.63. The molecule has 0 saturated carbocycles. The number of halogens is 3. The minimum absolute atomic E-state index is 0.0237. The van der Waals surface area contributed by atoms with Crippen LogP contribution in [0.15, 0.2) is 59.3 Å². The van der Waals surface area contributed by atoms with Gasteiger partial charge in [0.1, 0.15) is 12.1 Å². The van der Waals surface area contributed by atoms with Crippen molar-refractivity contribution in [3.05, 3.63) is 70.5 Å². The quantitative estimate of drug-likeness (QED) is 0.659. The van der Waals surface area contributed by atoms with E-state index in [1.165, 1.54) is 6.33 Å². The molecule has 0 amide bonds. The van der Waals surface area contributed by atoms with Crippen LogP contribution in [0.1, 0.15) is 29.6 Å². The molecule has 5 nitrogen and oxygen atoms in total. The van der Waals surface area contributed by atoms with Crippen molar-refractivity contribution in [2.24, 2.45) is 0 Å². The molecule has 2 aromatic carbocycles. The normalized spacial score (nSPS) is 19.1. The molecule has 0 unspecified atom stereocenters. The van der Waals surface area contributed by atoms with Crippen molar-refractivity contribution < 1.29 is 13.5 Å². The van der Waals surface area contributed by atoms with Crippen LogP contribution in [-0.2, 0) is 0 Å². The van der Waals surface area contributed by atoms with E-state index in [2.05, 4.69) is 31.3 Å². The number of para-hydroxylation sites is 1. The maximum atomic E-state index is 12.8. The third-order valence-corrected chi connectivity index (χ3v) is 4.93. The van der Waals surface area contributed by atoms with Crippen molar-refractivity contribution in [1.29, 1.82) is 0 Å². The van der Waals surface area contributed by atoms with Crippen molar-refractivity contribution in [2.75, 3.05) is 5.32 Å². The average molecular weight is 421 g/mol. The molecule has 8 heteroatoms. The highest BCUT2D eigenvalue weighted by molar-refractivity contribution is 9.10. The maximum Gasteiger partial charge on any atom is 0.387 e. The zero-order valence-corrected chi connectivity index (χ0v) is 15.1. The van der Waals surface area contributed by atoms with E-state index in [0.29, 0.717) is 17.9 Å². The number of benzene rings is 2. The van der Waals surface area contributed by atoms with Gasteiger partial charge in [0.25, 0.3) is 0 Å². The molecule has 1 aliphatic rings. The Morgan fingerprint density at radius 2 is 1.92 bits per heavy atom. The summed E-state index contributed by atoms with van der Waals surface area (Å²) in [6, 6.07) is 14.5. The molecule has 26 heavy (non-hydrogen) atoms. The fraction of sp³-hybridized carbons (Fsp3) is 0.222. The topological polar surface area (TPSA) is 52.0 Å². The molecule has 3 aromatic rings. The predicted molar refractivity (Wildman–Crippen MR) is 96.4 cm³/mol. The lowest BCUT2D eigenvalue weighted by Gasteiger charge is -2.32. The lowest BCUT2D eigenvalue weighted by molar-refractivity contribution is -0.0507. The molecule has 2 heterocycles. The van der Waals surface area contributed by atoms with Crippen molar-refractivity contribution in [3.8, 4) is 5.75 Å². The van der Waals surface area contributed by atoms with Gasteiger partial charge >= 0.3 is 6.61 Å². The summed E-state index contributed by atoms with van der Waals surface area (Å²) in [7, 11) is 0. The van der Waals surface area contributed by atoms with Crippen LogP contribution in [0.5, 0.6) is 5.75 Å². The van der Waals surface area contributed by atoms with Gasteiger partial charge in [0.05, 0.1) is 12.1 Å². The molecule has 0 spiro atoms. The summed E-state index contributed by atoms with van der Waals surface area (Å²) >= 11 is 3.44. The first-order valence-corrected chi connectivity index (χ1v) is 8.86. The van der Waals surface area contributed by atoms with Crippen LogP contribution in [0.25, 0.3) is 0 Å². The van der Waals surface area contributed by atoms with Gasteiger partial charge in [-0.15, -0.1) is 0 Å². The Labute approximate surface area is 157 Å². The van der Waals surface area contributed by atoms with Crippen LogP contribution in [0.4, 0.5) is 14.7 Å². The van der Waals surface area contributed by atoms with E-state index in [1.807, 2.05) is 24.3 Å². The number of hydrogen-bond acceptors (Lipinski definition) is 4. The van der Waals surface area contributed by atoms with Crippen LogP contribution in [0, 0.1) is 0 Å². The van der Waals surface area contributed by atoms with E-state index in [9.17, 15) is 8.78 Å². The number of nitrogens with one attached hydrogen (secondary N) is 1. The van der Waals surface area contributed by atoms with E-state index in [0.717, 1.165) is 10.0 Å². The van der Waals surface area contributed by atoms with Gasteiger partial charge in [-0.1, -0.05) is 46.3 Å². The lowest BCUT2D eigenvalue weighted by atomic mass is 9.93. The number of hydrogen-bond donors (Lipinski definition) is 1. The smallest absolute Gasteiger partial charge is 0.387 e. The average Bonchev–Trinajstić information content (AvgIpc) is 3.10.